The Hall–Kier alpha value is -0.422. The summed E-state index contributed by atoms with van der Waals surface area (Å²) in [6.07, 6.45) is 0. The van der Waals surface area contributed by atoms with Crippen molar-refractivity contribution in [2.75, 3.05) is 19.0 Å². The van der Waals surface area contributed by atoms with Gasteiger partial charge in [-0.1, -0.05) is 18.2 Å². The van der Waals surface area contributed by atoms with Crippen LogP contribution in [0, 0.1) is 0 Å². The second-order valence-electron chi connectivity index (χ2n) is 2.23. The minimum atomic E-state index is 0. The standard InChI is InChI=1S/C8H11N.As/c1-9(2)8-6-4-3-5-7-8;/h3-7H,1-2H3;. The third-order valence-corrected chi connectivity index (χ3v) is 1.27. The van der Waals surface area contributed by atoms with Crippen molar-refractivity contribution in [3.63, 3.8) is 0 Å². The van der Waals surface area contributed by atoms with E-state index in [2.05, 4.69) is 17.0 Å². The van der Waals surface area contributed by atoms with Gasteiger partial charge in [0.1, 0.15) is 0 Å². The molecule has 1 nitrogen and oxygen atoms in total. The quantitative estimate of drug-likeness (QED) is 0.613. The minimum Gasteiger partial charge on any atom is -0.378 e. The van der Waals surface area contributed by atoms with Crippen molar-refractivity contribution in [2.45, 2.75) is 0 Å². The van der Waals surface area contributed by atoms with Gasteiger partial charge in [-0.15, -0.1) is 0 Å². The molecule has 0 atom stereocenters. The molecule has 0 N–H and O–H groups in total. The Balaban J connectivity index is 0.000000810. The second kappa shape index (κ2) is 4.40. The molecule has 0 spiro atoms. The van der Waals surface area contributed by atoms with Crippen molar-refractivity contribution >= 4 is 23.6 Å². The summed E-state index contributed by atoms with van der Waals surface area (Å²) >= 11 is 0. The zero-order valence-corrected chi connectivity index (χ0v) is 8.16. The van der Waals surface area contributed by atoms with E-state index < -0.39 is 0 Å². The maximum atomic E-state index is 2.08. The second-order valence-corrected chi connectivity index (χ2v) is 2.23. The third kappa shape index (κ3) is 2.45. The SMILES string of the molecule is CN(C)c1ccccc1.[As]. The average molecular weight is 196 g/mol. The van der Waals surface area contributed by atoms with Gasteiger partial charge in [0.2, 0.25) is 0 Å². The molecule has 10 heavy (non-hydrogen) atoms. The van der Waals surface area contributed by atoms with Crippen LogP contribution in [0.2, 0.25) is 0 Å². The summed E-state index contributed by atoms with van der Waals surface area (Å²) in [5, 5.41) is 0. The first-order valence-corrected chi connectivity index (χ1v) is 3.03. The Labute approximate surface area is 73.4 Å². The predicted molar refractivity (Wildman–Crippen MR) is 46.5 cm³/mol. The van der Waals surface area contributed by atoms with Crippen molar-refractivity contribution in [3.05, 3.63) is 30.3 Å². The Morgan fingerprint density at radius 1 is 1.00 bits per heavy atom. The van der Waals surface area contributed by atoms with Gasteiger partial charge >= 0.3 is 0 Å². The molecule has 0 saturated heterocycles. The monoisotopic (exact) mass is 196 g/mol. The molecule has 0 aliphatic rings. The van der Waals surface area contributed by atoms with Gasteiger partial charge in [0.25, 0.3) is 0 Å². The fraction of sp³-hybridized carbons (Fsp3) is 0.250. The fourth-order valence-electron chi connectivity index (χ4n) is 0.726. The van der Waals surface area contributed by atoms with Crippen LogP contribution in [0.15, 0.2) is 30.3 Å². The summed E-state index contributed by atoms with van der Waals surface area (Å²) in [5.74, 6) is 0. The first-order valence-electron chi connectivity index (χ1n) is 3.03. The predicted octanol–water partition coefficient (Wildman–Crippen LogP) is 1.37. The van der Waals surface area contributed by atoms with Crippen molar-refractivity contribution in [3.8, 4) is 0 Å². The van der Waals surface area contributed by atoms with Gasteiger partial charge < -0.3 is 4.90 Å². The zero-order chi connectivity index (χ0) is 6.69. The van der Waals surface area contributed by atoms with Crippen LogP contribution in [0.5, 0.6) is 0 Å². The van der Waals surface area contributed by atoms with E-state index in [0.29, 0.717) is 0 Å². The number of anilines is 1. The van der Waals surface area contributed by atoms with E-state index in [1.165, 1.54) is 5.69 Å². The third-order valence-electron chi connectivity index (χ3n) is 1.27. The summed E-state index contributed by atoms with van der Waals surface area (Å²) in [4.78, 5) is 2.08. The first kappa shape index (κ1) is 9.58. The maximum absolute atomic E-state index is 2.08. The Morgan fingerprint density at radius 2 is 1.50 bits per heavy atom. The number of nitrogens with zero attached hydrogens (tertiary/aromatic N) is 1. The Kier molecular flexibility index (Phi) is 4.22. The van der Waals surface area contributed by atoms with Gasteiger partial charge in [-0.3, -0.25) is 0 Å². The molecule has 0 aliphatic carbocycles. The maximum Gasteiger partial charge on any atom is 0.0360 e. The van der Waals surface area contributed by atoms with Gasteiger partial charge in [-0.25, -0.2) is 0 Å². The van der Waals surface area contributed by atoms with E-state index in [-0.39, 0.29) is 18.0 Å². The molecular weight excluding hydrogens is 185 g/mol. The van der Waals surface area contributed by atoms with Gasteiger partial charge in [-0.2, -0.15) is 0 Å². The van der Waals surface area contributed by atoms with E-state index in [4.69, 9.17) is 0 Å². The van der Waals surface area contributed by atoms with Crippen molar-refractivity contribution in [2.24, 2.45) is 0 Å². The van der Waals surface area contributed by atoms with Crippen LogP contribution in [0.4, 0.5) is 5.69 Å². The topological polar surface area (TPSA) is 3.24 Å². The normalized spacial score (nSPS) is 8.20. The molecule has 0 saturated carbocycles. The van der Waals surface area contributed by atoms with Crippen molar-refractivity contribution in [1.29, 1.82) is 0 Å². The number of benzene rings is 1. The summed E-state index contributed by atoms with van der Waals surface area (Å²) in [5.41, 5.74) is 1.25. The van der Waals surface area contributed by atoms with Crippen LogP contribution in [0.1, 0.15) is 0 Å². The summed E-state index contributed by atoms with van der Waals surface area (Å²) < 4.78 is 0. The van der Waals surface area contributed by atoms with E-state index in [0.717, 1.165) is 0 Å². The fourth-order valence-corrected chi connectivity index (χ4v) is 0.726. The average Bonchev–Trinajstić information content (AvgIpc) is 1.90. The van der Waals surface area contributed by atoms with Crippen LogP contribution in [0.3, 0.4) is 0 Å². The molecule has 1 aromatic carbocycles. The number of para-hydroxylation sites is 1. The number of rotatable bonds is 1. The zero-order valence-electron chi connectivity index (χ0n) is 6.28. The summed E-state index contributed by atoms with van der Waals surface area (Å²) in [6.45, 7) is 0. The molecule has 1 aromatic rings. The molecule has 0 bridgehead atoms. The van der Waals surface area contributed by atoms with Crippen LogP contribution in [0.25, 0.3) is 0 Å². The van der Waals surface area contributed by atoms with E-state index >= 15 is 0 Å². The molecule has 0 aliphatic heterocycles. The van der Waals surface area contributed by atoms with Gasteiger partial charge in [0, 0.05) is 37.7 Å². The molecule has 0 fully saturated rings. The Morgan fingerprint density at radius 3 is 1.80 bits per heavy atom. The van der Waals surface area contributed by atoms with Crippen molar-refractivity contribution in [1.82, 2.24) is 0 Å². The van der Waals surface area contributed by atoms with Crippen LogP contribution in [-0.2, 0) is 0 Å². The Bertz CT molecular complexity index is 172. The van der Waals surface area contributed by atoms with Gasteiger partial charge in [-0.05, 0) is 12.1 Å². The molecule has 0 unspecified atom stereocenters. The molecule has 53 valence electrons. The molecule has 2 heteroatoms. The molecular formula is C8H11AsN. The summed E-state index contributed by atoms with van der Waals surface area (Å²) in [7, 11) is 4.07. The van der Waals surface area contributed by atoms with Gasteiger partial charge in [0.05, 0.1) is 0 Å². The van der Waals surface area contributed by atoms with Crippen LogP contribution < -0.4 is 4.90 Å². The van der Waals surface area contributed by atoms with Crippen LogP contribution >= 0.6 is 0 Å². The summed E-state index contributed by atoms with van der Waals surface area (Å²) in [6, 6.07) is 10.3. The van der Waals surface area contributed by atoms with Crippen LogP contribution in [-0.4, -0.2) is 32.0 Å². The minimum absolute atomic E-state index is 0. The largest absolute Gasteiger partial charge is 0.378 e. The molecule has 3 radical (unpaired) electrons. The molecule has 0 amide bonds. The number of hydrogen-bond acceptors (Lipinski definition) is 1. The van der Waals surface area contributed by atoms with E-state index in [1.807, 2.05) is 32.3 Å². The van der Waals surface area contributed by atoms with Crippen molar-refractivity contribution < 1.29 is 0 Å². The van der Waals surface area contributed by atoms with Gasteiger partial charge in [0.15, 0.2) is 0 Å². The molecule has 0 heterocycles. The molecule has 0 aromatic heterocycles. The van der Waals surface area contributed by atoms with E-state index in [1.54, 1.807) is 0 Å². The first-order chi connectivity index (χ1) is 4.30. The molecule has 1 rings (SSSR count). The number of hydrogen-bond donors (Lipinski definition) is 0. The smallest absolute Gasteiger partial charge is 0.0360 e. The van der Waals surface area contributed by atoms with E-state index in [9.17, 15) is 0 Å².